The van der Waals surface area contributed by atoms with Gasteiger partial charge < -0.3 is 15.0 Å². The molecule has 154 valence electrons. The summed E-state index contributed by atoms with van der Waals surface area (Å²) in [6, 6.07) is 19.9. The second-order valence-electron chi connectivity index (χ2n) is 8.02. The molecule has 3 aromatic rings. The Bertz CT molecular complexity index is 1090. The molecule has 0 spiro atoms. The lowest BCUT2D eigenvalue weighted by Crippen LogP contribution is -2.49. The van der Waals surface area contributed by atoms with Crippen molar-refractivity contribution in [2.75, 3.05) is 26.2 Å². The summed E-state index contributed by atoms with van der Waals surface area (Å²) in [7, 11) is 0. The molecule has 0 radical (unpaired) electrons. The molecule has 1 saturated heterocycles. The summed E-state index contributed by atoms with van der Waals surface area (Å²) in [6.07, 6.45) is 0. The quantitative estimate of drug-likeness (QED) is 0.699. The number of para-hydroxylation sites is 1. The molecule has 1 fully saturated rings. The highest BCUT2D eigenvalue weighted by Gasteiger charge is 2.22. The number of rotatable bonds is 5. The van der Waals surface area contributed by atoms with E-state index >= 15 is 0 Å². The lowest BCUT2D eigenvalue weighted by Gasteiger charge is -2.26. The molecule has 3 aromatic carbocycles. The Kier molecular flexibility index (Phi) is 5.70. The van der Waals surface area contributed by atoms with Crippen molar-refractivity contribution in [2.45, 2.75) is 13.8 Å². The first-order chi connectivity index (χ1) is 14.5. The number of ether oxygens (including phenoxy) is 1. The number of nitrogens with one attached hydrogen (secondary N) is 1. The van der Waals surface area contributed by atoms with Crippen LogP contribution in [0.4, 0.5) is 0 Å². The number of fused-ring (bicyclic) bond motifs is 1. The average molecular weight is 402 g/mol. The fourth-order valence-corrected chi connectivity index (χ4v) is 3.72. The van der Waals surface area contributed by atoms with Gasteiger partial charge >= 0.3 is 0 Å². The van der Waals surface area contributed by atoms with Crippen molar-refractivity contribution in [3.63, 3.8) is 0 Å². The molecule has 2 amide bonds. The largest absolute Gasteiger partial charge is 0.493 e. The molecule has 0 bridgehead atoms. The van der Waals surface area contributed by atoms with Crippen molar-refractivity contribution in [1.82, 2.24) is 10.2 Å². The third-order valence-corrected chi connectivity index (χ3v) is 5.20. The van der Waals surface area contributed by atoms with Gasteiger partial charge in [0.05, 0.1) is 13.2 Å². The lowest BCUT2D eigenvalue weighted by molar-refractivity contribution is -0.123. The number of hydrogen-bond acceptors (Lipinski definition) is 3. The van der Waals surface area contributed by atoms with E-state index in [4.69, 9.17) is 4.74 Å². The third kappa shape index (κ3) is 4.15. The van der Waals surface area contributed by atoms with Gasteiger partial charge in [-0.3, -0.25) is 9.59 Å². The molecular formula is C25H26N2O3. The van der Waals surface area contributed by atoms with Gasteiger partial charge in [0.25, 0.3) is 5.91 Å². The summed E-state index contributed by atoms with van der Waals surface area (Å²) in [6.45, 7) is 6.05. The average Bonchev–Trinajstić information content (AvgIpc) is 2.76. The van der Waals surface area contributed by atoms with Crippen LogP contribution in [0.2, 0.25) is 0 Å². The Morgan fingerprint density at radius 2 is 1.87 bits per heavy atom. The van der Waals surface area contributed by atoms with Gasteiger partial charge in [0, 0.05) is 24.2 Å². The molecule has 30 heavy (non-hydrogen) atoms. The van der Waals surface area contributed by atoms with Crippen molar-refractivity contribution in [1.29, 1.82) is 0 Å². The van der Waals surface area contributed by atoms with Crippen LogP contribution in [0.3, 0.4) is 0 Å². The molecule has 0 aliphatic carbocycles. The van der Waals surface area contributed by atoms with Crippen LogP contribution in [0.15, 0.2) is 60.7 Å². The highest BCUT2D eigenvalue weighted by atomic mass is 16.5. The molecule has 1 N–H and O–H groups in total. The van der Waals surface area contributed by atoms with Crippen molar-refractivity contribution in [2.24, 2.45) is 5.92 Å². The van der Waals surface area contributed by atoms with E-state index < -0.39 is 0 Å². The molecule has 0 unspecified atom stereocenters. The Morgan fingerprint density at radius 1 is 1.07 bits per heavy atom. The van der Waals surface area contributed by atoms with Gasteiger partial charge in [-0.05, 0) is 40.5 Å². The molecule has 1 aliphatic rings. The standard InChI is InChI=1S/C25H26N2O3/c1-17(2)16-30-23-9-4-3-7-22(23)21-8-5-6-18-14-19(10-11-20(18)21)25(29)27-13-12-26-24(28)15-27/h3-11,14,17H,12-13,15-16H2,1-2H3,(H,26,28). The van der Waals surface area contributed by atoms with Gasteiger partial charge in [0.2, 0.25) is 5.91 Å². The first-order valence-corrected chi connectivity index (χ1v) is 10.3. The number of carbonyl (C=O) groups is 2. The summed E-state index contributed by atoms with van der Waals surface area (Å²) in [5, 5.41) is 4.80. The minimum absolute atomic E-state index is 0.109. The molecule has 0 atom stereocenters. The summed E-state index contributed by atoms with van der Waals surface area (Å²) >= 11 is 0. The predicted molar refractivity (Wildman–Crippen MR) is 119 cm³/mol. The van der Waals surface area contributed by atoms with Crippen LogP contribution in [0.25, 0.3) is 21.9 Å². The molecule has 0 saturated carbocycles. The van der Waals surface area contributed by atoms with E-state index in [1.165, 1.54) is 0 Å². The van der Waals surface area contributed by atoms with Crippen molar-refractivity contribution in [3.8, 4) is 16.9 Å². The van der Waals surface area contributed by atoms with Crippen LogP contribution in [-0.4, -0.2) is 43.0 Å². The highest BCUT2D eigenvalue weighted by molar-refractivity contribution is 6.04. The van der Waals surface area contributed by atoms with Crippen LogP contribution in [-0.2, 0) is 4.79 Å². The second-order valence-corrected chi connectivity index (χ2v) is 8.02. The fraction of sp³-hybridized carbons (Fsp3) is 0.280. The van der Waals surface area contributed by atoms with Gasteiger partial charge in [0.15, 0.2) is 0 Å². The van der Waals surface area contributed by atoms with E-state index in [0.717, 1.165) is 27.6 Å². The number of nitrogens with zero attached hydrogens (tertiary/aromatic N) is 1. The molecule has 5 nitrogen and oxygen atoms in total. The van der Waals surface area contributed by atoms with Crippen LogP contribution < -0.4 is 10.1 Å². The van der Waals surface area contributed by atoms with Gasteiger partial charge in [-0.25, -0.2) is 0 Å². The van der Waals surface area contributed by atoms with Crippen molar-refractivity contribution in [3.05, 3.63) is 66.2 Å². The molecule has 5 heteroatoms. The molecule has 0 aromatic heterocycles. The highest BCUT2D eigenvalue weighted by Crippen LogP contribution is 2.35. The van der Waals surface area contributed by atoms with Crippen molar-refractivity contribution < 1.29 is 14.3 Å². The Morgan fingerprint density at radius 3 is 2.67 bits per heavy atom. The Labute approximate surface area is 176 Å². The Hall–Kier alpha value is -3.34. The second kappa shape index (κ2) is 8.57. The zero-order valence-electron chi connectivity index (χ0n) is 17.4. The van der Waals surface area contributed by atoms with Gasteiger partial charge in [0.1, 0.15) is 5.75 Å². The minimum atomic E-state index is -0.115. The van der Waals surface area contributed by atoms with Crippen LogP contribution in [0.1, 0.15) is 24.2 Å². The topological polar surface area (TPSA) is 58.6 Å². The minimum Gasteiger partial charge on any atom is -0.493 e. The zero-order chi connectivity index (χ0) is 21.1. The predicted octanol–water partition coefficient (Wildman–Crippen LogP) is 4.11. The van der Waals surface area contributed by atoms with Crippen LogP contribution in [0, 0.1) is 5.92 Å². The van der Waals surface area contributed by atoms with E-state index in [9.17, 15) is 9.59 Å². The third-order valence-electron chi connectivity index (χ3n) is 5.20. The lowest BCUT2D eigenvalue weighted by atomic mass is 9.96. The van der Waals surface area contributed by atoms with E-state index in [1.54, 1.807) is 4.90 Å². The number of benzene rings is 3. The summed E-state index contributed by atoms with van der Waals surface area (Å²) in [4.78, 5) is 26.1. The smallest absolute Gasteiger partial charge is 0.254 e. The maximum Gasteiger partial charge on any atom is 0.254 e. The number of hydrogen-bond donors (Lipinski definition) is 1. The van der Waals surface area contributed by atoms with E-state index in [-0.39, 0.29) is 18.4 Å². The number of amides is 2. The maximum absolute atomic E-state index is 12.9. The molecule has 4 rings (SSSR count). The first kappa shape index (κ1) is 20.0. The number of carbonyl (C=O) groups excluding carboxylic acids is 2. The molecule has 1 heterocycles. The zero-order valence-corrected chi connectivity index (χ0v) is 17.4. The molecular weight excluding hydrogens is 376 g/mol. The van der Waals surface area contributed by atoms with Gasteiger partial charge in [-0.2, -0.15) is 0 Å². The monoisotopic (exact) mass is 402 g/mol. The molecule has 1 aliphatic heterocycles. The first-order valence-electron chi connectivity index (χ1n) is 10.3. The SMILES string of the molecule is CC(C)COc1ccccc1-c1cccc2cc(C(=O)N3CCNC(=O)C3)ccc12. The van der Waals surface area contributed by atoms with Crippen LogP contribution >= 0.6 is 0 Å². The van der Waals surface area contributed by atoms with Crippen molar-refractivity contribution >= 4 is 22.6 Å². The van der Waals surface area contributed by atoms with Crippen LogP contribution in [0.5, 0.6) is 5.75 Å². The fourth-order valence-electron chi connectivity index (χ4n) is 3.72. The number of piperazine rings is 1. The Balaban J connectivity index is 1.69. The van der Waals surface area contributed by atoms with Gasteiger partial charge in [-0.15, -0.1) is 0 Å². The maximum atomic E-state index is 12.9. The summed E-state index contributed by atoms with van der Waals surface area (Å²) < 4.78 is 6.05. The van der Waals surface area contributed by atoms with Gasteiger partial charge in [-0.1, -0.05) is 56.3 Å². The van der Waals surface area contributed by atoms with E-state index in [2.05, 4.69) is 31.3 Å². The summed E-state index contributed by atoms with van der Waals surface area (Å²) in [5.74, 6) is 1.07. The normalized spacial score (nSPS) is 14.1. The van der Waals surface area contributed by atoms with E-state index in [0.29, 0.717) is 31.2 Å². The summed E-state index contributed by atoms with van der Waals surface area (Å²) in [5.41, 5.74) is 2.71. The van der Waals surface area contributed by atoms with E-state index in [1.807, 2.05) is 48.5 Å².